The lowest BCUT2D eigenvalue weighted by Gasteiger charge is -2.31. The van der Waals surface area contributed by atoms with E-state index in [1.807, 2.05) is 12.1 Å². The summed E-state index contributed by atoms with van der Waals surface area (Å²) in [6, 6.07) is 10.4. The van der Waals surface area contributed by atoms with Crippen LogP contribution in [0.1, 0.15) is 57.2 Å². The van der Waals surface area contributed by atoms with E-state index < -0.39 is 17.2 Å². The number of aryl methyl sites for hydroxylation is 1. The molecule has 0 heterocycles. The highest BCUT2D eigenvalue weighted by Crippen LogP contribution is 2.49. The van der Waals surface area contributed by atoms with E-state index in [-0.39, 0.29) is 12.3 Å². The van der Waals surface area contributed by atoms with Crippen LogP contribution in [0.15, 0.2) is 36.4 Å². The van der Waals surface area contributed by atoms with Crippen LogP contribution >= 0.6 is 0 Å². The van der Waals surface area contributed by atoms with Crippen LogP contribution in [0.3, 0.4) is 0 Å². The molecule has 6 heteroatoms. The average molecular weight is 455 g/mol. The summed E-state index contributed by atoms with van der Waals surface area (Å²) in [5.41, 5.74) is 2.40. The van der Waals surface area contributed by atoms with Crippen LogP contribution in [-0.4, -0.2) is 30.1 Å². The third-order valence-electron chi connectivity index (χ3n) is 6.05. The fourth-order valence-corrected chi connectivity index (χ4v) is 4.28. The summed E-state index contributed by atoms with van der Waals surface area (Å²) >= 11 is 0. The van der Waals surface area contributed by atoms with Crippen LogP contribution in [0.2, 0.25) is 0 Å². The Morgan fingerprint density at radius 2 is 1.70 bits per heavy atom. The van der Waals surface area contributed by atoms with Crippen LogP contribution in [0, 0.1) is 24.6 Å². The van der Waals surface area contributed by atoms with E-state index >= 15 is 0 Å². The van der Waals surface area contributed by atoms with Crippen molar-refractivity contribution in [1.82, 2.24) is 0 Å². The Hall–Kier alpha value is -2.89. The monoisotopic (exact) mass is 454 g/mol. The van der Waals surface area contributed by atoms with E-state index in [1.54, 1.807) is 25.1 Å². The molecule has 178 valence electrons. The average Bonchev–Trinajstić information content (AvgIpc) is 3.51. The molecule has 0 bridgehead atoms. The molecule has 0 radical (unpaired) electrons. The van der Waals surface area contributed by atoms with Gasteiger partial charge in [-0.25, -0.2) is 4.39 Å². The summed E-state index contributed by atoms with van der Waals surface area (Å²) in [7, 11) is 0. The topological polar surface area (TPSA) is 69.6 Å². The van der Waals surface area contributed by atoms with Crippen molar-refractivity contribution in [2.45, 2.75) is 59.3 Å². The molecule has 0 unspecified atom stereocenters. The van der Waals surface area contributed by atoms with Gasteiger partial charge in [-0.15, -0.1) is 0 Å². The zero-order valence-electron chi connectivity index (χ0n) is 20.2. The Kier molecular flexibility index (Phi) is 7.45. The lowest BCUT2D eigenvalue weighted by molar-refractivity contribution is -0.140. The summed E-state index contributed by atoms with van der Waals surface area (Å²) in [5, 5.41) is 12.7. The van der Waals surface area contributed by atoms with E-state index in [9.17, 15) is 19.1 Å². The SMILES string of the molecule is Cc1ccc(CC(=O)Nc2cc(C3(C(=O)O)CC3)ccc2N(CC(C)C)CC(C)C)c(F)c1. The van der Waals surface area contributed by atoms with Crippen molar-refractivity contribution in [1.29, 1.82) is 0 Å². The number of hydrogen-bond donors (Lipinski definition) is 2. The lowest BCUT2D eigenvalue weighted by Crippen LogP contribution is -2.32. The number of nitrogens with zero attached hydrogens (tertiary/aromatic N) is 1. The van der Waals surface area contributed by atoms with E-state index in [1.165, 1.54) is 6.07 Å². The zero-order chi connectivity index (χ0) is 24.3. The van der Waals surface area contributed by atoms with Gasteiger partial charge in [0.15, 0.2) is 0 Å². The fourth-order valence-electron chi connectivity index (χ4n) is 4.28. The van der Waals surface area contributed by atoms with Gasteiger partial charge in [-0.3, -0.25) is 9.59 Å². The maximum atomic E-state index is 14.3. The second-order valence-corrected chi connectivity index (χ2v) is 10.1. The first-order chi connectivity index (χ1) is 15.5. The maximum absolute atomic E-state index is 14.3. The number of carboxylic acid groups (broad SMARTS) is 1. The molecule has 0 spiro atoms. The van der Waals surface area contributed by atoms with Gasteiger partial charge in [0.2, 0.25) is 5.91 Å². The largest absolute Gasteiger partial charge is 0.481 e. The summed E-state index contributed by atoms with van der Waals surface area (Å²) in [6.07, 6.45) is 1.09. The highest BCUT2D eigenvalue weighted by atomic mass is 19.1. The Balaban J connectivity index is 1.96. The predicted molar refractivity (Wildman–Crippen MR) is 130 cm³/mol. The van der Waals surface area contributed by atoms with Crippen molar-refractivity contribution in [3.05, 3.63) is 58.9 Å². The Labute approximate surface area is 196 Å². The van der Waals surface area contributed by atoms with Crippen molar-refractivity contribution < 1.29 is 19.1 Å². The minimum absolute atomic E-state index is 0.0891. The number of aliphatic carboxylic acids is 1. The molecule has 0 aromatic heterocycles. The number of nitrogens with one attached hydrogen (secondary N) is 1. The molecule has 2 aromatic rings. The van der Waals surface area contributed by atoms with Gasteiger partial charge in [0.1, 0.15) is 5.82 Å². The van der Waals surface area contributed by atoms with Gasteiger partial charge in [-0.1, -0.05) is 45.9 Å². The van der Waals surface area contributed by atoms with Crippen molar-refractivity contribution in [3.63, 3.8) is 0 Å². The number of carboxylic acids is 1. The molecular weight excluding hydrogens is 419 g/mol. The molecule has 2 aromatic carbocycles. The van der Waals surface area contributed by atoms with Crippen molar-refractivity contribution >= 4 is 23.3 Å². The molecular formula is C27H35FN2O3. The molecule has 1 aliphatic carbocycles. The first-order valence-electron chi connectivity index (χ1n) is 11.7. The minimum atomic E-state index is -0.873. The van der Waals surface area contributed by atoms with Crippen LogP contribution in [0.4, 0.5) is 15.8 Å². The molecule has 0 atom stereocenters. The Morgan fingerprint density at radius 1 is 1.06 bits per heavy atom. The molecule has 5 nitrogen and oxygen atoms in total. The Bertz CT molecular complexity index is 1020. The van der Waals surface area contributed by atoms with E-state index in [0.29, 0.717) is 41.5 Å². The number of anilines is 2. The number of carbonyl (C=O) groups excluding carboxylic acids is 1. The maximum Gasteiger partial charge on any atom is 0.314 e. The van der Waals surface area contributed by atoms with Gasteiger partial charge in [0.05, 0.1) is 23.2 Å². The number of amides is 1. The molecule has 1 aliphatic rings. The van der Waals surface area contributed by atoms with E-state index in [2.05, 4.69) is 37.9 Å². The highest BCUT2D eigenvalue weighted by molar-refractivity contribution is 5.96. The zero-order valence-corrected chi connectivity index (χ0v) is 20.2. The van der Waals surface area contributed by atoms with Gasteiger partial charge in [-0.05, 0) is 66.5 Å². The van der Waals surface area contributed by atoms with Gasteiger partial charge >= 0.3 is 5.97 Å². The van der Waals surface area contributed by atoms with Crippen molar-refractivity contribution in [3.8, 4) is 0 Å². The quantitative estimate of drug-likeness (QED) is 0.494. The van der Waals surface area contributed by atoms with Crippen LogP contribution in [0.25, 0.3) is 0 Å². The molecule has 1 amide bonds. The number of halogens is 1. The minimum Gasteiger partial charge on any atom is -0.481 e. The smallest absolute Gasteiger partial charge is 0.314 e. The molecule has 1 fully saturated rings. The normalized spacial score (nSPS) is 14.4. The molecule has 33 heavy (non-hydrogen) atoms. The summed E-state index contributed by atoms with van der Waals surface area (Å²) in [4.78, 5) is 27.1. The number of rotatable bonds is 10. The second-order valence-electron chi connectivity index (χ2n) is 10.1. The fraction of sp³-hybridized carbons (Fsp3) is 0.481. The van der Waals surface area contributed by atoms with E-state index in [0.717, 1.165) is 24.3 Å². The first kappa shape index (κ1) is 24.7. The van der Waals surface area contributed by atoms with Crippen molar-refractivity contribution in [2.24, 2.45) is 11.8 Å². The number of benzene rings is 2. The van der Waals surface area contributed by atoms with Crippen LogP contribution < -0.4 is 10.2 Å². The van der Waals surface area contributed by atoms with Gasteiger partial charge in [0, 0.05) is 13.1 Å². The third-order valence-corrected chi connectivity index (χ3v) is 6.05. The van der Waals surface area contributed by atoms with Gasteiger partial charge in [0.25, 0.3) is 0 Å². The predicted octanol–water partition coefficient (Wildman–Crippen LogP) is 5.55. The second kappa shape index (κ2) is 9.94. The molecule has 3 rings (SSSR count). The molecule has 0 aliphatic heterocycles. The molecule has 1 saturated carbocycles. The van der Waals surface area contributed by atoms with Gasteiger partial charge in [-0.2, -0.15) is 0 Å². The molecule has 2 N–H and O–H groups in total. The first-order valence-corrected chi connectivity index (χ1v) is 11.7. The van der Waals surface area contributed by atoms with Crippen LogP contribution in [0.5, 0.6) is 0 Å². The van der Waals surface area contributed by atoms with Crippen molar-refractivity contribution in [2.75, 3.05) is 23.3 Å². The summed E-state index contributed by atoms with van der Waals surface area (Å²) in [6.45, 7) is 12.0. The van der Waals surface area contributed by atoms with E-state index in [4.69, 9.17) is 0 Å². The number of hydrogen-bond acceptors (Lipinski definition) is 3. The summed E-state index contributed by atoms with van der Waals surface area (Å²) in [5.74, 6) is -0.756. The number of carbonyl (C=O) groups is 2. The van der Waals surface area contributed by atoms with Gasteiger partial charge < -0.3 is 15.3 Å². The highest BCUT2D eigenvalue weighted by Gasteiger charge is 2.52. The third kappa shape index (κ3) is 5.92. The standard InChI is InChI=1S/C27H35FN2O3/c1-17(2)15-30(16-18(3)4)24-9-8-21(27(10-11-27)26(32)33)14-23(24)29-25(31)13-20-7-6-19(5)12-22(20)28/h6-9,12,14,17-18H,10-11,13,15-16H2,1-5H3,(H,29,31)(H,32,33). The Morgan fingerprint density at radius 3 is 2.21 bits per heavy atom. The lowest BCUT2D eigenvalue weighted by atomic mass is 9.94. The summed E-state index contributed by atoms with van der Waals surface area (Å²) < 4.78 is 14.3. The molecule has 0 saturated heterocycles. The van der Waals surface area contributed by atoms with Crippen LogP contribution in [-0.2, 0) is 21.4 Å².